The van der Waals surface area contributed by atoms with Gasteiger partial charge in [-0.05, 0) is 48.4 Å². The van der Waals surface area contributed by atoms with Crippen LogP contribution in [0.3, 0.4) is 0 Å². The second-order valence-electron chi connectivity index (χ2n) is 9.43. The van der Waals surface area contributed by atoms with Gasteiger partial charge in [0.05, 0.1) is 6.42 Å². The summed E-state index contributed by atoms with van der Waals surface area (Å²) in [6.45, 7) is 4.32. The number of likely N-dealkylation sites (tertiary alicyclic amines) is 1. The summed E-state index contributed by atoms with van der Waals surface area (Å²) in [4.78, 5) is 39.2. The number of nitrogens with one attached hydrogen (secondary N) is 1. The number of fused-ring (bicyclic) bond motifs is 3. The van der Waals surface area contributed by atoms with Crippen LogP contribution in [0.25, 0.3) is 11.1 Å². The molecule has 1 fully saturated rings. The minimum atomic E-state index is -1.15. The summed E-state index contributed by atoms with van der Waals surface area (Å²) in [5.74, 6) is -1.23. The number of alkyl carbamates (subject to hydrolysis) is 1. The summed E-state index contributed by atoms with van der Waals surface area (Å²) >= 11 is 0. The van der Waals surface area contributed by atoms with Crippen LogP contribution in [0.15, 0.2) is 48.5 Å². The number of carboxylic acids is 1. The highest BCUT2D eigenvalue weighted by Gasteiger charge is 2.42. The summed E-state index contributed by atoms with van der Waals surface area (Å²) in [7, 11) is 0. The van der Waals surface area contributed by atoms with E-state index in [0.717, 1.165) is 28.7 Å². The van der Waals surface area contributed by atoms with Gasteiger partial charge in [-0.2, -0.15) is 0 Å². The lowest BCUT2D eigenvalue weighted by Gasteiger charge is -2.35. The molecule has 0 bridgehead atoms. The topological polar surface area (TPSA) is 95.9 Å². The molecule has 2 unspecified atom stereocenters. The SMILES string of the molecule is CCCC(C)(NC(=O)OCC1c2ccccc2-c2ccccc21)C(=O)N1CCCC1CC(=O)O. The van der Waals surface area contributed by atoms with E-state index in [1.807, 2.05) is 31.2 Å². The largest absolute Gasteiger partial charge is 0.481 e. The minimum absolute atomic E-state index is 0.0650. The molecule has 2 N–H and O–H groups in total. The van der Waals surface area contributed by atoms with Crippen LogP contribution in [0.4, 0.5) is 4.79 Å². The third-order valence-electron chi connectivity index (χ3n) is 6.99. The molecule has 0 saturated carbocycles. The molecule has 2 amide bonds. The van der Waals surface area contributed by atoms with Gasteiger partial charge in [0.2, 0.25) is 5.91 Å². The molecule has 7 heteroatoms. The number of carbonyl (C=O) groups is 3. The predicted molar refractivity (Wildman–Crippen MR) is 129 cm³/mol. The number of carbonyl (C=O) groups excluding carboxylic acids is 2. The molecule has 0 spiro atoms. The second-order valence-corrected chi connectivity index (χ2v) is 9.43. The van der Waals surface area contributed by atoms with Gasteiger partial charge in [0.1, 0.15) is 12.1 Å². The average molecular weight is 465 g/mol. The fourth-order valence-corrected chi connectivity index (χ4v) is 5.42. The van der Waals surface area contributed by atoms with E-state index in [9.17, 15) is 19.5 Å². The van der Waals surface area contributed by atoms with E-state index in [4.69, 9.17) is 4.74 Å². The average Bonchev–Trinajstić information content (AvgIpc) is 3.39. The number of rotatable bonds is 8. The standard InChI is InChI=1S/C27H32N2O5/c1-3-14-27(2,25(32)29-15-8-9-18(29)16-24(30)31)28-26(33)34-17-23-21-12-6-4-10-19(21)20-11-5-7-13-22(20)23/h4-7,10-13,18,23H,3,8-9,14-17H2,1-2H3,(H,28,33)(H,30,31). The van der Waals surface area contributed by atoms with Gasteiger partial charge in [0.25, 0.3) is 0 Å². The summed E-state index contributed by atoms with van der Waals surface area (Å²) < 4.78 is 5.67. The molecule has 7 nitrogen and oxygen atoms in total. The van der Waals surface area contributed by atoms with Crippen LogP contribution >= 0.6 is 0 Å². The molecule has 2 aliphatic rings. The lowest BCUT2D eigenvalue weighted by atomic mass is 9.93. The van der Waals surface area contributed by atoms with Crippen molar-refractivity contribution in [3.8, 4) is 11.1 Å². The molecule has 1 heterocycles. The Kier molecular flexibility index (Phi) is 6.91. The van der Waals surface area contributed by atoms with Crippen LogP contribution in [0.2, 0.25) is 0 Å². The van der Waals surface area contributed by atoms with Gasteiger partial charge < -0.3 is 20.1 Å². The van der Waals surface area contributed by atoms with Gasteiger partial charge in [0.15, 0.2) is 0 Å². The Morgan fingerprint density at radius 2 is 1.71 bits per heavy atom. The van der Waals surface area contributed by atoms with Crippen molar-refractivity contribution in [2.45, 2.75) is 63.5 Å². The molecule has 180 valence electrons. The zero-order valence-corrected chi connectivity index (χ0v) is 19.8. The molecule has 1 saturated heterocycles. The van der Waals surface area contributed by atoms with Gasteiger partial charge in [-0.3, -0.25) is 9.59 Å². The van der Waals surface area contributed by atoms with E-state index < -0.39 is 17.6 Å². The molecule has 2 atom stereocenters. The first-order valence-electron chi connectivity index (χ1n) is 12.0. The molecule has 34 heavy (non-hydrogen) atoms. The fraction of sp³-hybridized carbons (Fsp3) is 0.444. The van der Waals surface area contributed by atoms with E-state index in [0.29, 0.717) is 25.8 Å². The highest BCUT2D eigenvalue weighted by molar-refractivity contribution is 5.90. The van der Waals surface area contributed by atoms with E-state index >= 15 is 0 Å². The summed E-state index contributed by atoms with van der Waals surface area (Å²) in [6.07, 6.45) is 1.82. The highest BCUT2D eigenvalue weighted by Crippen LogP contribution is 2.44. The van der Waals surface area contributed by atoms with Crippen molar-refractivity contribution in [2.24, 2.45) is 0 Å². The van der Waals surface area contributed by atoms with E-state index in [-0.39, 0.29) is 30.9 Å². The number of hydrogen-bond donors (Lipinski definition) is 2. The fourth-order valence-electron chi connectivity index (χ4n) is 5.42. The van der Waals surface area contributed by atoms with Crippen molar-refractivity contribution in [1.82, 2.24) is 10.2 Å². The zero-order valence-electron chi connectivity index (χ0n) is 19.8. The van der Waals surface area contributed by atoms with Crippen molar-refractivity contribution in [2.75, 3.05) is 13.2 Å². The first kappa shape index (κ1) is 23.8. The Bertz CT molecular complexity index is 1040. The third-order valence-corrected chi connectivity index (χ3v) is 6.99. The maximum Gasteiger partial charge on any atom is 0.408 e. The van der Waals surface area contributed by atoms with Gasteiger partial charge in [-0.25, -0.2) is 4.79 Å². The van der Waals surface area contributed by atoms with Crippen LogP contribution in [-0.2, 0) is 14.3 Å². The number of carboxylic acid groups (broad SMARTS) is 1. The van der Waals surface area contributed by atoms with Crippen LogP contribution in [0, 0.1) is 0 Å². The Hall–Kier alpha value is -3.35. The maximum absolute atomic E-state index is 13.4. The molecule has 1 aliphatic heterocycles. The zero-order chi connectivity index (χ0) is 24.3. The Morgan fingerprint density at radius 3 is 2.29 bits per heavy atom. The van der Waals surface area contributed by atoms with E-state index in [2.05, 4.69) is 29.6 Å². The molecule has 1 aliphatic carbocycles. The normalized spacial score (nSPS) is 18.6. The van der Waals surface area contributed by atoms with Gasteiger partial charge in [-0.15, -0.1) is 0 Å². The molecule has 2 aromatic rings. The Labute approximate surface area is 200 Å². The summed E-state index contributed by atoms with van der Waals surface area (Å²) in [6, 6.07) is 15.9. The summed E-state index contributed by atoms with van der Waals surface area (Å²) in [5.41, 5.74) is 3.39. The predicted octanol–water partition coefficient (Wildman–Crippen LogP) is 4.55. The Balaban J connectivity index is 1.45. The van der Waals surface area contributed by atoms with Crippen LogP contribution in [0.5, 0.6) is 0 Å². The van der Waals surface area contributed by atoms with Crippen LogP contribution in [0.1, 0.15) is 63.0 Å². The van der Waals surface area contributed by atoms with Crippen molar-refractivity contribution in [3.05, 3.63) is 59.7 Å². The van der Waals surface area contributed by atoms with Crippen molar-refractivity contribution in [1.29, 1.82) is 0 Å². The van der Waals surface area contributed by atoms with E-state index in [1.165, 1.54) is 0 Å². The van der Waals surface area contributed by atoms with Gasteiger partial charge in [0, 0.05) is 18.5 Å². The quantitative estimate of drug-likeness (QED) is 0.598. The number of amides is 2. The van der Waals surface area contributed by atoms with E-state index in [1.54, 1.807) is 11.8 Å². The molecule has 0 aromatic heterocycles. The third kappa shape index (κ3) is 4.65. The second kappa shape index (κ2) is 9.87. The van der Waals surface area contributed by atoms with Crippen LogP contribution in [-0.4, -0.2) is 52.7 Å². The molecule has 0 radical (unpaired) electrons. The van der Waals surface area contributed by atoms with Crippen molar-refractivity contribution in [3.63, 3.8) is 0 Å². The van der Waals surface area contributed by atoms with Gasteiger partial charge in [-0.1, -0.05) is 61.9 Å². The smallest absolute Gasteiger partial charge is 0.408 e. The van der Waals surface area contributed by atoms with Gasteiger partial charge >= 0.3 is 12.1 Å². The van der Waals surface area contributed by atoms with Crippen molar-refractivity contribution >= 4 is 18.0 Å². The number of benzene rings is 2. The lowest BCUT2D eigenvalue weighted by Crippen LogP contribution is -2.59. The molecular formula is C27H32N2O5. The number of nitrogens with zero attached hydrogens (tertiary/aromatic N) is 1. The highest BCUT2D eigenvalue weighted by atomic mass is 16.5. The lowest BCUT2D eigenvalue weighted by molar-refractivity contribution is -0.142. The number of ether oxygens (including phenoxy) is 1. The monoisotopic (exact) mass is 464 g/mol. The summed E-state index contributed by atoms with van der Waals surface area (Å²) in [5, 5.41) is 12.0. The molecule has 4 rings (SSSR count). The first-order valence-corrected chi connectivity index (χ1v) is 12.0. The Morgan fingerprint density at radius 1 is 1.09 bits per heavy atom. The minimum Gasteiger partial charge on any atom is -0.481 e. The van der Waals surface area contributed by atoms with Crippen LogP contribution < -0.4 is 5.32 Å². The number of aliphatic carboxylic acids is 1. The van der Waals surface area contributed by atoms with Crippen molar-refractivity contribution < 1.29 is 24.2 Å². The maximum atomic E-state index is 13.4. The number of hydrogen-bond acceptors (Lipinski definition) is 4. The first-order chi connectivity index (χ1) is 16.3. The molecular weight excluding hydrogens is 432 g/mol. The molecule has 2 aromatic carbocycles.